The van der Waals surface area contributed by atoms with Gasteiger partial charge in [-0.25, -0.2) is 13.6 Å². The predicted molar refractivity (Wildman–Crippen MR) is 156 cm³/mol. The Bertz CT molecular complexity index is 1410. The highest BCUT2D eigenvalue weighted by molar-refractivity contribution is 5.83. The maximum atomic E-state index is 14.7. The monoisotopic (exact) mass is 646 g/mol. The van der Waals surface area contributed by atoms with Crippen LogP contribution in [0.2, 0.25) is 0 Å². The minimum Gasteiger partial charge on any atom is -0.456 e. The fourth-order valence-electron chi connectivity index (χ4n) is 5.09. The number of halogens is 2. The van der Waals surface area contributed by atoms with Crippen LogP contribution in [0.25, 0.3) is 0 Å². The van der Waals surface area contributed by atoms with Crippen molar-refractivity contribution in [2.24, 2.45) is 16.1 Å². The molecule has 5 rings (SSSR count). The van der Waals surface area contributed by atoms with E-state index in [1.807, 2.05) is 0 Å². The fourth-order valence-corrected chi connectivity index (χ4v) is 5.09. The van der Waals surface area contributed by atoms with Crippen LogP contribution < -0.4 is 0 Å². The molecule has 3 aliphatic heterocycles. The molecule has 0 unspecified atom stereocenters. The van der Waals surface area contributed by atoms with Crippen LogP contribution in [0.4, 0.5) is 8.78 Å². The van der Waals surface area contributed by atoms with E-state index in [-0.39, 0.29) is 25.1 Å². The Hall–Kier alpha value is -4.56. The van der Waals surface area contributed by atoms with E-state index in [0.717, 1.165) is 6.08 Å². The molecule has 0 amide bonds. The number of rotatable bonds is 8. The molecule has 12 nitrogen and oxygen atoms in total. The number of nitrogens with zero attached hydrogens (tertiary/aromatic N) is 2. The summed E-state index contributed by atoms with van der Waals surface area (Å²) in [4.78, 5) is 45.8. The average molecular weight is 647 g/mol. The summed E-state index contributed by atoms with van der Waals surface area (Å²) in [6.45, 7) is 2.49. The zero-order valence-corrected chi connectivity index (χ0v) is 24.2. The molecule has 2 aromatic carbocycles. The summed E-state index contributed by atoms with van der Waals surface area (Å²) in [6.07, 6.45) is -9.30. The number of azo groups is 1. The van der Waals surface area contributed by atoms with Crippen molar-refractivity contribution in [3.63, 3.8) is 0 Å². The van der Waals surface area contributed by atoms with Gasteiger partial charge in [0.25, 0.3) is 0 Å². The molecule has 248 valence electrons. The highest BCUT2D eigenvalue weighted by Gasteiger charge is 2.54. The van der Waals surface area contributed by atoms with E-state index in [4.69, 9.17) is 18.9 Å². The number of carbonyl (C=O) groups is 4. The summed E-state index contributed by atoms with van der Waals surface area (Å²) in [5.41, 5.74) is 0.481. The minimum absolute atomic E-state index is 0. The second kappa shape index (κ2) is 16.1. The van der Waals surface area contributed by atoms with Crippen LogP contribution in [0.3, 0.4) is 0 Å². The zero-order chi connectivity index (χ0) is 32.7. The van der Waals surface area contributed by atoms with Gasteiger partial charge < -0.3 is 29.2 Å². The summed E-state index contributed by atoms with van der Waals surface area (Å²) in [5, 5.41) is 28.2. The van der Waals surface area contributed by atoms with E-state index < -0.39 is 84.8 Å². The first-order valence-corrected chi connectivity index (χ1v) is 14.0. The zero-order valence-electron chi connectivity index (χ0n) is 24.2. The van der Waals surface area contributed by atoms with Gasteiger partial charge in [0, 0.05) is 19.9 Å². The van der Waals surface area contributed by atoms with Crippen molar-refractivity contribution in [3.8, 4) is 0 Å². The average Bonchev–Trinajstić information content (AvgIpc) is 3.54. The summed E-state index contributed by atoms with van der Waals surface area (Å²) >= 11 is 0. The molecule has 1 saturated heterocycles. The highest BCUT2D eigenvalue weighted by atomic mass is 19.1. The van der Waals surface area contributed by atoms with E-state index >= 15 is 0 Å². The first-order chi connectivity index (χ1) is 21.5. The molecule has 0 aromatic heterocycles. The minimum atomic E-state index is -1.81. The van der Waals surface area contributed by atoms with Gasteiger partial charge >= 0.3 is 23.9 Å². The van der Waals surface area contributed by atoms with Crippen LogP contribution in [0, 0.1) is 5.92 Å². The standard InChI is InChI=1S/C16H17FN2O5.C15H15FO5.CH4/c1-8(20)23-14-12-10(7-18-19-12)16(22)24-15(14)13(21)11(17)9-5-3-2-4-6-9;1-9(17)20-11-7-8-12(18)21-15(11)14(19)13(16)10-5-3-2-4-6-10;/h2-6,10-15,21H,7H2,1H3;2-8,11,13-15,19H,1H3;1H4/t10-,11-,12+,13+,14+,15+;11-,13+,14-,15+;/m10./s1. The largest absolute Gasteiger partial charge is 0.456 e. The molecule has 0 aliphatic carbocycles. The maximum absolute atomic E-state index is 14.7. The van der Waals surface area contributed by atoms with Gasteiger partial charge in [-0.05, 0) is 17.2 Å². The molecule has 2 N–H and O–H groups in total. The van der Waals surface area contributed by atoms with Crippen molar-refractivity contribution in [2.75, 3.05) is 6.54 Å². The molecule has 46 heavy (non-hydrogen) atoms. The summed E-state index contributed by atoms with van der Waals surface area (Å²) in [5.74, 6) is -3.27. The summed E-state index contributed by atoms with van der Waals surface area (Å²) < 4.78 is 49.2. The van der Waals surface area contributed by atoms with Gasteiger partial charge in [-0.3, -0.25) is 14.4 Å². The van der Waals surface area contributed by atoms with Crippen molar-refractivity contribution in [3.05, 3.63) is 83.9 Å². The topological polar surface area (TPSA) is 170 Å². The number of hydrogen-bond donors (Lipinski definition) is 2. The van der Waals surface area contributed by atoms with Crippen molar-refractivity contribution in [1.82, 2.24) is 0 Å². The van der Waals surface area contributed by atoms with Gasteiger partial charge in [0.15, 0.2) is 36.8 Å². The number of esters is 4. The molecular formula is C32H36F2N2O10. The quantitative estimate of drug-likeness (QED) is 0.320. The van der Waals surface area contributed by atoms with Crippen LogP contribution in [-0.4, -0.2) is 83.3 Å². The summed E-state index contributed by atoms with van der Waals surface area (Å²) in [6, 6.07) is 15.2. The molecule has 2 aromatic rings. The number of fused-ring (bicyclic) bond motifs is 1. The lowest BCUT2D eigenvalue weighted by Crippen LogP contribution is -2.57. The van der Waals surface area contributed by atoms with Crippen molar-refractivity contribution < 1.29 is 57.1 Å². The van der Waals surface area contributed by atoms with Gasteiger partial charge in [-0.15, -0.1) is 0 Å². The lowest BCUT2D eigenvalue weighted by molar-refractivity contribution is -0.199. The number of benzene rings is 2. The van der Waals surface area contributed by atoms with Crippen molar-refractivity contribution >= 4 is 23.9 Å². The van der Waals surface area contributed by atoms with E-state index in [2.05, 4.69) is 10.2 Å². The Kier molecular flexibility index (Phi) is 12.6. The molecular weight excluding hydrogens is 610 g/mol. The van der Waals surface area contributed by atoms with Crippen LogP contribution in [-0.2, 0) is 38.1 Å². The molecule has 14 heteroatoms. The Morgan fingerprint density at radius 1 is 0.848 bits per heavy atom. The van der Waals surface area contributed by atoms with E-state index in [1.165, 1.54) is 44.2 Å². The maximum Gasteiger partial charge on any atom is 0.331 e. The summed E-state index contributed by atoms with van der Waals surface area (Å²) in [7, 11) is 0. The molecule has 1 fully saturated rings. The molecule has 3 aliphatic rings. The molecule has 0 spiro atoms. The lowest BCUT2D eigenvalue weighted by Gasteiger charge is -2.38. The van der Waals surface area contributed by atoms with Crippen molar-refractivity contribution in [2.45, 2.75) is 76.3 Å². The molecule has 10 atom stereocenters. The number of aliphatic hydroxyl groups excluding tert-OH is 2. The van der Waals surface area contributed by atoms with E-state index in [0.29, 0.717) is 0 Å². The SMILES string of the molecule is C.CC(=O)O[C@H]1C=CC(=O)O[C@H]1[C@@H](O)[C@H](F)c1ccccc1.CC(=O)O[C@H]1[C@H]2N=NC[C@H]2C(=O)O[C@H]1[C@@H](O)[C@H](F)c1ccccc1. The normalized spacial score (nSPS) is 27.2. The number of alkyl halides is 2. The molecule has 0 bridgehead atoms. The third-order valence-electron chi connectivity index (χ3n) is 7.23. The number of ether oxygens (including phenoxy) is 4. The van der Waals surface area contributed by atoms with Crippen molar-refractivity contribution in [1.29, 1.82) is 0 Å². The van der Waals surface area contributed by atoms with Crippen LogP contribution >= 0.6 is 0 Å². The van der Waals surface area contributed by atoms with Crippen LogP contribution in [0.1, 0.15) is 44.7 Å². The molecule has 3 heterocycles. The van der Waals surface area contributed by atoms with Crippen LogP contribution in [0.5, 0.6) is 0 Å². The second-order valence-electron chi connectivity index (χ2n) is 10.5. The third kappa shape index (κ3) is 8.57. The smallest absolute Gasteiger partial charge is 0.331 e. The number of carbonyl (C=O) groups excluding carboxylic acids is 4. The number of hydrogen-bond acceptors (Lipinski definition) is 12. The third-order valence-corrected chi connectivity index (χ3v) is 7.23. The number of aliphatic hydroxyl groups is 2. The van der Waals surface area contributed by atoms with Gasteiger partial charge in [0.2, 0.25) is 0 Å². The lowest BCUT2D eigenvalue weighted by atomic mass is 9.86. The van der Waals surface area contributed by atoms with E-state index in [1.54, 1.807) is 36.4 Å². The Morgan fingerprint density at radius 2 is 1.37 bits per heavy atom. The first kappa shape index (κ1) is 35.9. The Balaban J connectivity index is 0.000000247. The van der Waals surface area contributed by atoms with Gasteiger partial charge in [0.1, 0.15) is 24.2 Å². The first-order valence-electron chi connectivity index (χ1n) is 14.0. The van der Waals surface area contributed by atoms with Gasteiger partial charge in [-0.1, -0.05) is 68.1 Å². The Morgan fingerprint density at radius 3 is 1.89 bits per heavy atom. The highest BCUT2D eigenvalue weighted by Crippen LogP contribution is 2.36. The fraction of sp³-hybridized carbons (Fsp3) is 0.438. The molecule has 0 saturated carbocycles. The predicted octanol–water partition coefficient (Wildman–Crippen LogP) is 3.47. The molecule has 0 radical (unpaired) electrons. The van der Waals surface area contributed by atoms with Gasteiger partial charge in [-0.2, -0.15) is 10.2 Å². The Labute approximate surface area is 264 Å². The van der Waals surface area contributed by atoms with Crippen LogP contribution in [0.15, 0.2) is 83.0 Å². The van der Waals surface area contributed by atoms with Gasteiger partial charge in [0.05, 0.1) is 6.54 Å². The second-order valence-corrected chi connectivity index (χ2v) is 10.5. The van der Waals surface area contributed by atoms with E-state index in [9.17, 15) is 38.2 Å². The number of cyclic esters (lactones) is 2.